The van der Waals surface area contributed by atoms with Crippen LogP contribution in [0, 0.1) is 29.6 Å². The molecule has 54 heavy (non-hydrogen) atoms. The quantitative estimate of drug-likeness (QED) is 0.274. The third-order valence-corrected chi connectivity index (χ3v) is 16.2. The molecule has 1 saturated carbocycles. The molecule has 10 heteroatoms. The number of aromatic nitrogens is 1. The van der Waals surface area contributed by atoms with Crippen molar-refractivity contribution in [3.8, 4) is 11.5 Å². The molecule has 7 aliphatic rings. The fourth-order valence-electron chi connectivity index (χ4n) is 13.8. The fraction of sp³-hybridized carbons (Fsp3) is 0.614. The van der Waals surface area contributed by atoms with Crippen molar-refractivity contribution < 1.29 is 28.8 Å². The molecule has 1 aromatic heterocycles. The number of allylic oxidation sites excluding steroid dienone is 1. The molecule has 288 valence electrons. The van der Waals surface area contributed by atoms with E-state index in [-0.39, 0.29) is 59.0 Å². The van der Waals surface area contributed by atoms with Crippen molar-refractivity contribution in [1.29, 1.82) is 0 Å². The third kappa shape index (κ3) is 4.34. The van der Waals surface area contributed by atoms with E-state index in [0.717, 1.165) is 61.5 Å². The number of benzene rings is 2. The van der Waals surface area contributed by atoms with Gasteiger partial charge in [-0.1, -0.05) is 18.6 Å². The maximum atomic E-state index is 14.1. The molecule has 6 aliphatic heterocycles. The van der Waals surface area contributed by atoms with Gasteiger partial charge >= 0.3 is 5.97 Å². The highest BCUT2D eigenvalue weighted by Gasteiger charge is 2.69. The number of aliphatic hydroxyl groups excluding tert-OH is 1. The van der Waals surface area contributed by atoms with E-state index in [1.807, 2.05) is 0 Å². The number of ether oxygens (including phenoxy) is 4. The van der Waals surface area contributed by atoms with Crippen molar-refractivity contribution in [3.63, 3.8) is 0 Å². The molecule has 0 unspecified atom stereocenters. The van der Waals surface area contributed by atoms with Gasteiger partial charge in [0.05, 0.1) is 45.9 Å². The number of esters is 1. The molecular weight excluding hydrogens is 681 g/mol. The number of piperidine rings is 3. The lowest BCUT2D eigenvalue weighted by molar-refractivity contribution is -0.226. The van der Waals surface area contributed by atoms with Gasteiger partial charge in [-0.3, -0.25) is 14.6 Å². The highest BCUT2D eigenvalue weighted by Crippen LogP contribution is 2.65. The van der Waals surface area contributed by atoms with Crippen molar-refractivity contribution in [3.05, 3.63) is 64.4 Å². The lowest BCUT2D eigenvalue weighted by Crippen LogP contribution is -2.72. The van der Waals surface area contributed by atoms with E-state index in [9.17, 15) is 9.90 Å². The molecule has 10 rings (SSSR count). The van der Waals surface area contributed by atoms with Crippen molar-refractivity contribution in [2.45, 2.75) is 81.3 Å². The summed E-state index contributed by atoms with van der Waals surface area (Å²) >= 11 is 0. The molecule has 5 bridgehead atoms. The van der Waals surface area contributed by atoms with E-state index in [0.29, 0.717) is 18.7 Å². The van der Waals surface area contributed by atoms with Gasteiger partial charge in [-0.25, -0.2) is 0 Å². The Balaban J connectivity index is 1.07. The number of hydrogen-bond acceptors (Lipinski definition) is 9. The Morgan fingerprint density at radius 3 is 2.61 bits per heavy atom. The van der Waals surface area contributed by atoms with E-state index in [2.05, 4.69) is 90.7 Å². The molecule has 12 atom stereocenters. The zero-order valence-corrected chi connectivity index (χ0v) is 33.0. The second kappa shape index (κ2) is 12.2. The number of carbonyl (C=O) groups excluding carboxylic acids is 1. The first-order chi connectivity index (χ1) is 26.1. The van der Waals surface area contributed by atoms with Gasteiger partial charge in [0.2, 0.25) is 0 Å². The van der Waals surface area contributed by atoms with Crippen LogP contribution in [0.2, 0.25) is 0 Å². The number of aliphatic hydroxyl groups is 1. The molecule has 4 saturated heterocycles. The largest absolute Gasteiger partial charge is 0.497 e. The van der Waals surface area contributed by atoms with E-state index in [1.165, 1.54) is 33.3 Å². The first kappa shape index (κ1) is 34.9. The molecular formula is C44H56N4O6. The summed E-state index contributed by atoms with van der Waals surface area (Å²) in [5.74, 6) is 1.89. The Morgan fingerprint density at radius 1 is 1.06 bits per heavy atom. The van der Waals surface area contributed by atoms with Gasteiger partial charge in [-0.05, 0) is 105 Å². The summed E-state index contributed by atoms with van der Waals surface area (Å²) in [5.41, 5.74) is 8.55. The van der Waals surface area contributed by atoms with Gasteiger partial charge in [0.15, 0.2) is 6.29 Å². The molecule has 1 aliphatic carbocycles. The van der Waals surface area contributed by atoms with Crippen LogP contribution in [-0.4, -0.2) is 105 Å². The first-order valence-corrected chi connectivity index (χ1v) is 20.2. The molecule has 3 aromatic rings. The molecule has 0 amide bonds. The zero-order chi connectivity index (χ0) is 37.5. The van der Waals surface area contributed by atoms with Crippen molar-refractivity contribution in [2.75, 3.05) is 60.0 Å². The smallest absolute Gasteiger partial charge is 0.310 e. The Kier molecular flexibility index (Phi) is 7.89. The van der Waals surface area contributed by atoms with Gasteiger partial charge in [0, 0.05) is 78.3 Å². The highest BCUT2D eigenvalue weighted by molar-refractivity contribution is 5.87. The van der Waals surface area contributed by atoms with Crippen LogP contribution in [0.15, 0.2) is 42.0 Å². The topological polar surface area (TPSA) is 88.9 Å². The summed E-state index contributed by atoms with van der Waals surface area (Å²) in [6.45, 7) is 6.83. The van der Waals surface area contributed by atoms with Gasteiger partial charge in [-0.15, -0.1) is 0 Å². The molecule has 1 N–H and O–H groups in total. The van der Waals surface area contributed by atoms with Crippen LogP contribution >= 0.6 is 0 Å². The molecule has 5 fully saturated rings. The van der Waals surface area contributed by atoms with Crippen LogP contribution in [0.4, 0.5) is 5.69 Å². The standard InChI is InChI=1S/C44H56N4O6/c1-9-23-20-48-13-12-44-31-15-25(37(52-7)19-34(31)47(5)41(44)36(48)16-26(23)39(44)43(50)53-8)22(2)38-28-17-35-40-29(18-33(45(35)3)30(28)21-54-42(38)49)27-14-24(51-6)10-11-32(27)46(40)4/h9-11,14-15,19,22,26,28,30,33,35-36,38-39,41-42,49H,12-13,16-18,20-21H2,1-8H3/b23-9-/t22-,26-,28+,30+,33-,35-,36-,38-,39+,41-,42-,44-/m0/s1. The van der Waals surface area contributed by atoms with Crippen LogP contribution in [0.5, 0.6) is 11.5 Å². The monoisotopic (exact) mass is 736 g/mol. The van der Waals surface area contributed by atoms with Gasteiger partial charge in [0.1, 0.15) is 11.5 Å². The second-order valence-corrected chi connectivity index (χ2v) is 17.6. The van der Waals surface area contributed by atoms with Crippen LogP contribution in [0.1, 0.15) is 67.5 Å². The number of aryl methyl sites for hydroxylation is 1. The Labute approximate surface area is 318 Å². The number of anilines is 1. The second-order valence-electron chi connectivity index (χ2n) is 17.6. The number of carbonyl (C=O) groups is 1. The summed E-state index contributed by atoms with van der Waals surface area (Å²) < 4.78 is 26.4. The highest BCUT2D eigenvalue weighted by atomic mass is 16.6. The lowest BCUT2D eigenvalue weighted by Gasteiger charge is -2.63. The van der Waals surface area contributed by atoms with Gasteiger partial charge in [-0.2, -0.15) is 0 Å². The number of hydrogen-bond donors (Lipinski definition) is 1. The SMILES string of the molecule is C/C=C1/CN2CC[C@@]34c5cc([C@H](C)[C@H]6[C@@H]7C[C@H]8c9c(c%10cc(OC)ccc%10n9C)C[C@@H]([C@@H]7CO[C@@H]6O)N8C)c(OC)cc5N(C)[C@H]3[C@@H]2C[C@@H]1[C@@H]4C(=O)OC. The number of rotatable bonds is 5. The minimum atomic E-state index is -0.884. The van der Waals surface area contributed by atoms with E-state index >= 15 is 0 Å². The van der Waals surface area contributed by atoms with Crippen LogP contribution in [0.25, 0.3) is 10.9 Å². The number of fused-ring (bicyclic) bond motifs is 10. The summed E-state index contributed by atoms with van der Waals surface area (Å²) in [5, 5.41) is 13.2. The normalized spacial score (nSPS) is 37.8. The van der Waals surface area contributed by atoms with Crippen LogP contribution in [-0.2, 0) is 33.2 Å². The van der Waals surface area contributed by atoms with Crippen molar-refractivity contribution in [2.24, 2.45) is 36.6 Å². The molecule has 7 heterocycles. The predicted molar refractivity (Wildman–Crippen MR) is 207 cm³/mol. The zero-order valence-electron chi connectivity index (χ0n) is 33.0. The minimum Gasteiger partial charge on any atom is -0.497 e. The average molecular weight is 737 g/mol. The minimum absolute atomic E-state index is 0.0555. The maximum Gasteiger partial charge on any atom is 0.310 e. The number of methoxy groups -OCH3 is 3. The van der Waals surface area contributed by atoms with Crippen LogP contribution in [0.3, 0.4) is 0 Å². The molecule has 0 spiro atoms. The van der Waals surface area contributed by atoms with Crippen molar-refractivity contribution >= 4 is 22.6 Å². The summed E-state index contributed by atoms with van der Waals surface area (Å²) in [4.78, 5) is 21.8. The lowest BCUT2D eigenvalue weighted by atomic mass is 9.50. The van der Waals surface area contributed by atoms with Gasteiger partial charge < -0.3 is 33.5 Å². The van der Waals surface area contributed by atoms with E-state index in [1.54, 1.807) is 21.3 Å². The Hall–Kier alpha value is -3.57. The number of likely N-dealkylation sites (N-methyl/N-ethyl adjacent to an activating group) is 2. The molecule has 10 nitrogen and oxygen atoms in total. The molecule has 0 radical (unpaired) electrons. The third-order valence-electron chi connectivity index (χ3n) is 16.2. The maximum absolute atomic E-state index is 14.1. The van der Waals surface area contributed by atoms with Crippen LogP contribution < -0.4 is 14.4 Å². The average Bonchev–Trinajstić information content (AvgIpc) is 3.60. The molecule has 2 aromatic carbocycles. The summed E-state index contributed by atoms with van der Waals surface area (Å²) in [6, 6.07) is 12.1. The van der Waals surface area contributed by atoms with E-state index < -0.39 is 6.29 Å². The fourth-order valence-corrected chi connectivity index (χ4v) is 13.8. The summed E-state index contributed by atoms with van der Waals surface area (Å²) in [7, 11) is 11.8. The van der Waals surface area contributed by atoms with E-state index in [4.69, 9.17) is 18.9 Å². The first-order valence-electron chi connectivity index (χ1n) is 20.2. The number of nitrogens with zero attached hydrogens (tertiary/aromatic N) is 4. The van der Waals surface area contributed by atoms with Crippen molar-refractivity contribution in [1.82, 2.24) is 14.4 Å². The predicted octanol–water partition coefficient (Wildman–Crippen LogP) is 5.40. The summed E-state index contributed by atoms with van der Waals surface area (Å²) in [6.07, 6.45) is 5.13. The van der Waals surface area contributed by atoms with Gasteiger partial charge in [0.25, 0.3) is 0 Å². The Morgan fingerprint density at radius 2 is 1.87 bits per heavy atom. The Bertz CT molecular complexity index is 2080.